The molecule has 9 nitrogen and oxygen atoms in total. The van der Waals surface area contributed by atoms with Gasteiger partial charge in [0.05, 0.1) is 25.5 Å². The summed E-state index contributed by atoms with van der Waals surface area (Å²) >= 11 is 0. The van der Waals surface area contributed by atoms with Crippen molar-refractivity contribution < 1.29 is 33.0 Å². The second kappa shape index (κ2) is 9.35. The molecule has 0 spiro atoms. The number of ether oxygens (including phenoxy) is 4. The van der Waals surface area contributed by atoms with Crippen LogP contribution in [0.3, 0.4) is 0 Å². The van der Waals surface area contributed by atoms with Gasteiger partial charge in [0.15, 0.2) is 11.9 Å². The van der Waals surface area contributed by atoms with E-state index < -0.39 is 24.4 Å². The lowest BCUT2D eigenvalue weighted by Crippen LogP contribution is -2.44. The van der Waals surface area contributed by atoms with Gasteiger partial charge in [0.2, 0.25) is 0 Å². The molecular formula is C24H22N2O7. The Labute approximate surface area is 189 Å². The number of fused-ring (bicyclic) bond motifs is 1. The van der Waals surface area contributed by atoms with E-state index in [9.17, 15) is 9.59 Å². The monoisotopic (exact) mass is 450 g/mol. The lowest BCUT2D eigenvalue weighted by Gasteiger charge is -2.17. The molecule has 170 valence electrons. The molecule has 2 aliphatic heterocycles. The van der Waals surface area contributed by atoms with Crippen molar-refractivity contribution in [3.8, 4) is 11.5 Å². The number of hydrogen-bond acceptors (Lipinski definition) is 7. The van der Waals surface area contributed by atoms with Gasteiger partial charge in [-0.25, -0.2) is 4.79 Å². The Hall–Kier alpha value is -3.82. The van der Waals surface area contributed by atoms with Crippen LogP contribution in [0.1, 0.15) is 10.6 Å². The molecule has 0 bridgehead atoms. The topological polar surface area (TPSA) is 108 Å². The number of amides is 2. The summed E-state index contributed by atoms with van der Waals surface area (Å²) in [4.78, 5) is 24.6. The summed E-state index contributed by atoms with van der Waals surface area (Å²) in [7, 11) is 0. The molecule has 0 radical (unpaired) electrons. The highest BCUT2D eigenvalue weighted by molar-refractivity contribution is 5.91. The molecule has 2 aliphatic rings. The first-order valence-corrected chi connectivity index (χ1v) is 10.5. The van der Waals surface area contributed by atoms with Gasteiger partial charge in [-0.2, -0.15) is 0 Å². The molecule has 9 heteroatoms. The zero-order valence-electron chi connectivity index (χ0n) is 17.5. The molecule has 33 heavy (non-hydrogen) atoms. The fourth-order valence-electron chi connectivity index (χ4n) is 3.85. The summed E-state index contributed by atoms with van der Waals surface area (Å²) in [6, 6.07) is 19.2. The van der Waals surface area contributed by atoms with E-state index in [1.165, 1.54) is 6.26 Å². The van der Waals surface area contributed by atoms with E-state index in [0.29, 0.717) is 11.4 Å². The Morgan fingerprint density at radius 1 is 0.848 bits per heavy atom. The van der Waals surface area contributed by atoms with Crippen molar-refractivity contribution in [2.45, 2.75) is 24.4 Å². The molecule has 2 saturated heterocycles. The van der Waals surface area contributed by atoms with E-state index in [1.54, 1.807) is 36.4 Å². The van der Waals surface area contributed by atoms with Gasteiger partial charge >= 0.3 is 6.09 Å². The number of rotatable bonds is 6. The number of para-hydroxylation sites is 1. The maximum Gasteiger partial charge on any atom is 0.412 e. The smallest absolute Gasteiger partial charge is 0.412 e. The highest BCUT2D eigenvalue weighted by Crippen LogP contribution is 2.29. The number of hydrogen-bond donors (Lipinski definition) is 2. The Morgan fingerprint density at radius 2 is 1.61 bits per heavy atom. The van der Waals surface area contributed by atoms with Gasteiger partial charge in [-0.15, -0.1) is 0 Å². The van der Waals surface area contributed by atoms with Gasteiger partial charge in [0.25, 0.3) is 5.91 Å². The maximum absolute atomic E-state index is 12.4. The number of carbonyl (C=O) groups is 2. The average Bonchev–Trinajstić information content (AvgIpc) is 3.57. The minimum absolute atomic E-state index is 0.180. The standard InChI is InChI=1S/C24H22N2O7/c27-23(19-7-4-12-29-19)26-18-13-30-22-20(14-31-21(18)22)33-24(28)25-15-8-10-17(11-9-15)32-16-5-2-1-3-6-16/h1-12,18,20-22H,13-14H2,(H,25,28)(H,26,27)/t18-,20+,21+,22+/m0/s1. The van der Waals surface area contributed by atoms with Crippen LogP contribution < -0.4 is 15.4 Å². The molecule has 0 aliphatic carbocycles. The van der Waals surface area contributed by atoms with Crippen LogP contribution in [0.25, 0.3) is 0 Å². The summed E-state index contributed by atoms with van der Waals surface area (Å²) in [5, 5.41) is 5.53. The zero-order valence-corrected chi connectivity index (χ0v) is 17.5. The van der Waals surface area contributed by atoms with Crippen molar-refractivity contribution in [3.63, 3.8) is 0 Å². The summed E-state index contributed by atoms with van der Waals surface area (Å²) in [6.07, 6.45) is -0.634. The second-order valence-electron chi connectivity index (χ2n) is 7.66. The number of carbonyl (C=O) groups excluding carboxylic acids is 2. The van der Waals surface area contributed by atoms with Crippen LogP contribution in [0.2, 0.25) is 0 Å². The summed E-state index contributed by atoms with van der Waals surface area (Å²) in [5.41, 5.74) is 0.562. The van der Waals surface area contributed by atoms with E-state index in [2.05, 4.69) is 10.6 Å². The normalized spacial score (nSPS) is 23.5. The number of furan rings is 1. The Bertz CT molecular complexity index is 1090. The molecule has 0 saturated carbocycles. The third kappa shape index (κ3) is 4.84. The Morgan fingerprint density at radius 3 is 2.36 bits per heavy atom. The molecule has 1 aromatic heterocycles. The predicted molar refractivity (Wildman–Crippen MR) is 116 cm³/mol. The first kappa shape index (κ1) is 21.0. The molecule has 2 N–H and O–H groups in total. The molecule has 3 heterocycles. The van der Waals surface area contributed by atoms with E-state index in [-0.39, 0.29) is 30.9 Å². The van der Waals surface area contributed by atoms with Crippen molar-refractivity contribution in [3.05, 3.63) is 78.8 Å². The van der Waals surface area contributed by atoms with Crippen LogP contribution in [0, 0.1) is 0 Å². The van der Waals surface area contributed by atoms with Crippen LogP contribution in [0.15, 0.2) is 77.4 Å². The van der Waals surface area contributed by atoms with Crippen molar-refractivity contribution >= 4 is 17.7 Å². The zero-order chi connectivity index (χ0) is 22.6. The highest BCUT2D eigenvalue weighted by atomic mass is 16.6. The van der Waals surface area contributed by atoms with E-state index in [0.717, 1.165) is 5.75 Å². The fourth-order valence-corrected chi connectivity index (χ4v) is 3.85. The van der Waals surface area contributed by atoms with Gasteiger partial charge in [0, 0.05) is 5.69 Å². The van der Waals surface area contributed by atoms with Crippen LogP contribution in [0.4, 0.5) is 10.5 Å². The van der Waals surface area contributed by atoms with Crippen molar-refractivity contribution in [1.82, 2.24) is 5.32 Å². The molecule has 5 rings (SSSR count). The molecule has 3 aromatic rings. The second-order valence-corrected chi connectivity index (χ2v) is 7.66. The summed E-state index contributed by atoms with van der Waals surface area (Å²) in [6.45, 7) is 0.436. The quantitative estimate of drug-likeness (QED) is 0.591. The molecule has 2 amide bonds. The summed E-state index contributed by atoms with van der Waals surface area (Å²) in [5.74, 6) is 1.24. The number of anilines is 1. The highest BCUT2D eigenvalue weighted by Gasteiger charge is 2.50. The van der Waals surface area contributed by atoms with Gasteiger partial charge in [-0.3, -0.25) is 10.1 Å². The fraction of sp³-hybridized carbons (Fsp3) is 0.250. The van der Waals surface area contributed by atoms with Crippen molar-refractivity contribution in [2.24, 2.45) is 0 Å². The van der Waals surface area contributed by atoms with Crippen LogP contribution in [-0.4, -0.2) is 49.6 Å². The van der Waals surface area contributed by atoms with Gasteiger partial charge in [-0.05, 0) is 48.5 Å². The minimum Gasteiger partial charge on any atom is -0.459 e. The predicted octanol–water partition coefficient (Wildman–Crippen LogP) is 3.59. The SMILES string of the molecule is O=C(Nc1ccc(Oc2ccccc2)cc1)O[C@@H]1CO[C@H]2[C@@H]1OC[C@@H]2NC(=O)c1ccco1. The first-order chi connectivity index (χ1) is 16.2. The van der Waals surface area contributed by atoms with Gasteiger partial charge < -0.3 is 28.7 Å². The minimum atomic E-state index is -0.618. The van der Waals surface area contributed by atoms with Crippen molar-refractivity contribution in [2.75, 3.05) is 18.5 Å². The lowest BCUT2D eigenvalue weighted by atomic mass is 10.1. The van der Waals surface area contributed by atoms with Crippen LogP contribution in [-0.2, 0) is 14.2 Å². The Kier molecular flexibility index (Phi) is 5.97. The average molecular weight is 450 g/mol. The maximum atomic E-state index is 12.4. The van der Waals surface area contributed by atoms with E-state index in [1.807, 2.05) is 30.3 Å². The third-order valence-corrected chi connectivity index (χ3v) is 5.41. The number of nitrogens with one attached hydrogen (secondary N) is 2. The molecule has 2 aromatic carbocycles. The largest absolute Gasteiger partial charge is 0.459 e. The van der Waals surface area contributed by atoms with Crippen LogP contribution >= 0.6 is 0 Å². The molecule has 2 fully saturated rings. The van der Waals surface area contributed by atoms with Gasteiger partial charge in [-0.1, -0.05) is 18.2 Å². The Balaban J connectivity index is 1.12. The lowest BCUT2D eigenvalue weighted by molar-refractivity contribution is 0.00860. The molecule has 0 unspecified atom stereocenters. The van der Waals surface area contributed by atoms with E-state index >= 15 is 0 Å². The third-order valence-electron chi connectivity index (χ3n) is 5.41. The van der Waals surface area contributed by atoms with Crippen molar-refractivity contribution in [1.29, 1.82) is 0 Å². The van der Waals surface area contributed by atoms with Gasteiger partial charge in [0.1, 0.15) is 23.7 Å². The molecule has 4 atom stereocenters. The molecular weight excluding hydrogens is 428 g/mol. The van der Waals surface area contributed by atoms with Crippen LogP contribution in [0.5, 0.6) is 11.5 Å². The summed E-state index contributed by atoms with van der Waals surface area (Å²) < 4.78 is 27.9. The first-order valence-electron chi connectivity index (χ1n) is 10.5. The van der Waals surface area contributed by atoms with E-state index in [4.69, 9.17) is 23.4 Å². The number of benzene rings is 2.